The molecule has 0 aliphatic rings. The molecule has 0 unspecified atom stereocenters. The molecule has 1 amide bonds. The van der Waals surface area contributed by atoms with Gasteiger partial charge < -0.3 is 16.2 Å². The van der Waals surface area contributed by atoms with Gasteiger partial charge in [-0.15, -0.1) is 0 Å². The van der Waals surface area contributed by atoms with Crippen molar-refractivity contribution < 1.29 is 9.53 Å². The van der Waals surface area contributed by atoms with Gasteiger partial charge in [0, 0.05) is 6.07 Å². The number of nitrogens with two attached hydrogens (primary N) is 2. The van der Waals surface area contributed by atoms with E-state index in [-0.39, 0.29) is 11.4 Å². The summed E-state index contributed by atoms with van der Waals surface area (Å²) < 4.78 is 6.51. The number of hydrogen-bond acceptors (Lipinski definition) is 7. The Bertz CT molecular complexity index is 662. The Morgan fingerprint density at radius 2 is 2.19 bits per heavy atom. The maximum absolute atomic E-state index is 11.5. The lowest BCUT2D eigenvalue weighted by atomic mass is 10.2. The molecule has 8 nitrogen and oxygen atoms in total. The SMILES string of the molecule is CCc1nn(-c2cc(OC)nc(SC)n2)c(N)c1C(N)=O. The predicted octanol–water partition coefficient (Wildman–Crippen LogP) is 0.636. The fourth-order valence-corrected chi connectivity index (χ4v) is 2.23. The third-order valence-corrected chi connectivity index (χ3v) is 3.40. The van der Waals surface area contributed by atoms with E-state index >= 15 is 0 Å². The highest BCUT2D eigenvalue weighted by Gasteiger charge is 2.21. The van der Waals surface area contributed by atoms with Crippen molar-refractivity contribution in [3.63, 3.8) is 0 Å². The van der Waals surface area contributed by atoms with Crippen LogP contribution in [0.3, 0.4) is 0 Å². The summed E-state index contributed by atoms with van der Waals surface area (Å²) in [6.45, 7) is 1.87. The molecule has 0 spiro atoms. The summed E-state index contributed by atoms with van der Waals surface area (Å²) in [7, 11) is 1.51. The van der Waals surface area contributed by atoms with Gasteiger partial charge in [-0.2, -0.15) is 14.8 Å². The van der Waals surface area contributed by atoms with Crippen LogP contribution in [0.2, 0.25) is 0 Å². The summed E-state index contributed by atoms with van der Waals surface area (Å²) >= 11 is 1.36. The van der Waals surface area contributed by atoms with Crippen LogP contribution in [-0.4, -0.2) is 39.0 Å². The molecule has 2 rings (SSSR count). The quantitative estimate of drug-likeness (QED) is 0.613. The first-order valence-corrected chi connectivity index (χ1v) is 7.38. The molecule has 112 valence electrons. The molecule has 0 atom stereocenters. The predicted molar refractivity (Wildman–Crippen MR) is 79.8 cm³/mol. The van der Waals surface area contributed by atoms with Gasteiger partial charge in [-0.1, -0.05) is 18.7 Å². The smallest absolute Gasteiger partial charge is 0.254 e. The fraction of sp³-hybridized carbons (Fsp3) is 0.333. The van der Waals surface area contributed by atoms with E-state index in [1.807, 2.05) is 13.2 Å². The standard InChI is InChI=1S/C12H16N6O2S/c1-4-6-9(11(14)19)10(13)18(17-6)7-5-8(20-2)16-12(15-7)21-3/h5H,4,13H2,1-3H3,(H2,14,19). The molecule has 0 saturated heterocycles. The maximum Gasteiger partial charge on any atom is 0.254 e. The molecule has 0 aliphatic heterocycles. The first-order chi connectivity index (χ1) is 10.0. The highest BCUT2D eigenvalue weighted by Crippen LogP contribution is 2.23. The van der Waals surface area contributed by atoms with Crippen LogP contribution in [-0.2, 0) is 6.42 Å². The summed E-state index contributed by atoms with van der Waals surface area (Å²) in [6, 6.07) is 1.59. The van der Waals surface area contributed by atoms with E-state index in [1.54, 1.807) is 6.07 Å². The van der Waals surface area contributed by atoms with Gasteiger partial charge in [-0.25, -0.2) is 4.98 Å². The third kappa shape index (κ3) is 2.77. The van der Waals surface area contributed by atoms with Gasteiger partial charge in [0.25, 0.3) is 5.91 Å². The van der Waals surface area contributed by atoms with Gasteiger partial charge in [0.05, 0.1) is 12.8 Å². The normalized spacial score (nSPS) is 10.6. The van der Waals surface area contributed by atoms with Crippen molar-refractivity contribution in [3.05, 3.63) is 17.3 Å². The van der Waals surface area contributed by atoms with E-state index in [0.717, 1.165) is 0 Å². The Kier molecular flexibility index (Phi) is 4.32. The van der Waals surface area contributed by atoms with Crippen molar-refractivity contribution in [2.75, 3.05) is 19.1 Å². The first-order valence-electron chi connectivity index (χ1n) is 6.16. The maximum atomic E-state index is 11.5. The lowest BCUT2D eigenvalue weighted by Gasteiger charge is -2.07. The fourth-order valence-electron chi connectivity index (χ4n) is 1.87. The van der Waals surface area contributed by atoms with Gasteiger partial charge in [-0.3, -0.25) is 4.79 Å². The Morgan fingerprint density at radius 3 is 2.67 bits per heavy atom. The number of aryl methyl sites for hydroxylation is 1. The molecule has 2 aromatic heterocycles. The van der Waals surface area contributed by atoms with Crippen molar-refractivity contribution in [1.29, 1.82) is 0 Å². The number of rotatable bonds is 5. The number of hydrogen-bond donors (Lipinski definition) is 2. The summed E-state index contributed by atoms with van der Waals surface area (Å²) in [6.07, 6.45) is 2.38. The summed E-state index contributed by atoms with van der Waals surface area (Å²) in [4.78, 5) is 20.0. The zero-order valence-corrected chi connectivity index (χ0v) is 12.8. The Morgan fingerprint density at radius 1 is 1.48 bits per heavy atom. The van der Waals surface area contributed by atoms with Crippen LogP contribution in [0.5, 0.6) is 5.88 Å². The van der Waals surface area contributed by atoms with E-state index in [2.05, 4.69) is 15.1 Å². The van der Waals surface area contributed by atoms with E-state index in [9.17, 15) is 4.79 Å². The number of ether oxygens (including phenoxy) is 1. The minimum atomic E-state index is -0.610. The Balaban J connectivity index is 2.64. The van der Waals surface area contributed by atoms with Crippen molar-refractivity contribution in [1.82, 2.24) is 19.7 Å². The zero-order chi connectivity index (χ0) is 15.6. The minimum Gasteiger partial charge on any atom is -0.481 e. The summed E-state index contributed by atoms with van der Waals surface area (Å²) in [5, 5.41) is 4.82. The lowest BCUT2D eigenvalue weighted by molar-refractivity contribution is 0.100. The molecule has 9 heteroatoms. The number of carbonyl (C=O) groups is 1. The molecule has 0 bridgehead atoms. The van der Waals surface area contributed by atoms with Gasteiger partial charge in [0.2, 0.25) is 5.88 Å². The molecule has 21 heavy (non-hydrogen) atoms. The van der Waals surface area contributed by atoms with Crippen LogP contribution in [0.1, 0.15) is 23.0 Å². The van der Waals surface area contributed by atoms with Crippen LogP contribution in [0.4, 0.5) is 5.82 Å². The molecule has 0 aromatic carbocycles. The van der Waals surface area contributed by atoms with Gasteiger partial charge >= 0.3 is 0 Å². The van der Waals surface area contributed by atoms with Crippen LogP contribution in [0.15, 0.2) is 11.2 Å². The average Bonchev–Trinajstić information content (AvgIpc) is 2.83. The monoisotopic (exact) mass is 308 g/mol. The Hall–Kier alpha value is -2.29. The molecular formula is C12H16N6O2S. The van der Waals surface area contributed by atoms with Crippen LogP contribution in [0.25, 0.3) is 5.82 Å². The van der Waals surface area contributed by atoms with Gasteiger partial charge in [0.15, 0.2) is 11.0 Å². The largest absolute Gasteiger partial charge is 0.481 e. The second-order valence-electron chi connectivity index (χ2n) is 4.09. The molecule has 0 fully saturated rings. The number of nitrogens with zero attached hydrogens (tertiary/aromatic N) is 4. The van der Waals surface area contributed by atoms with E-state index < -0.39 is 5.91 Å². The highest BCUT2D eigenvalue weighted by molar-refractivity contribution is 7.98. The van der Waals surface area contributed by atoms with Crippen molar-refractivity contribution in [3.8, 4) is 11.7 Å². The topological polar surface area (TPSA) is 122 Å². The molecule has 0 aliphatic carbocycles. The van der Waals surface area contributed by atoms with Crippen molar-refractivity contribution in [2.24, 2.45) is 5.73 Å². The number of primary amides is 1. The van der Waals surface area contributed by atoms with Crippen LogP contribution >= 0.6 is 11.8 Å². The number of carbonyl (C=O) groups excluding carboxylic acids is 1. The molecule has 4 N–H and O–H groups in total. The van der Waals surface area contributed by atoms with Crippen LogP contribution < -0.4 is 16.2 Å². The number of methoxy groups -OCH3 is 1. The number of nitrogen functional groups attached to an aromatic ring is 1. The van der Waals surface area contributed by atoms with E-state index in [4.69, 9.17) is 16.2 Å². The average molecular weight is 308 g/mol. The molecule has 0 radical (unpaired) electrons. The molecule has 0 saturated carbocycles. The molecule has 2 heterocycles. The minimum absolute atomic E-state index is 0.159. The second-order valence-corrected chi connectivity index (χ2v) is 4.87. The second kappa shape index (κ2) is 6.00. The van der Waals surface area contributed by atoms with Gasteiger partial charge in [0.1, 0.15) is 11.4 Å². The number of amides is 1. The van der Waals surface area contributed by atoms with E-state index in [0.29, 0.717) is 29.0 Å². The molecular weight excluding hydrogens is 292 g/mol. The number of anilines is 1. The number of thioether (sulfide) groups is 1. The first kappa shape index (κ1) is 15.1. The molecule has 2 aromatic rings. The Labute approximate surface area is 125 Å². The highest BCUT2D eigenvalue weighted by atomic mass is 32.2. The summed E-state index contributed by atoms with van der Waals surface area (Å²) in [5.74, 6) is 0.359. The summed E-state index contributed by atoms with van der Waals surface area (Å²) in [5.41, 5.74) is 12.1. The van der Waals surface area contributed by atoms with Crippen LogP contribution in [0, 0.1) is 0 Å². The number of aromatic nitrogens is 4. The third-order valence-electron chi connectivity index (χ3n) is 2.85. The van der Waals surface area contributed by atoms with Crippen molar-refractivity contribution in [2.45, 2.75) is 18.5 Å². The lowest BCUT2D eigenvalue weighted by Crippen LogP contribution is -2.15. The van der Waals surface area contributed by atoms with E-state index in [1.165, 1.54) is 23.6 Å². The zero-order valence-electron chi connectivity index (χ0n) is 12.0. The van der Waals surface area contributed by atoms with Gasteiger partial charge in [-0.05, 0) is 12.7 Å². The van der Waals surface area contributed by atoms with Crippen molar-refractivity contribution >= 4 is 23.5 Å².